The predicted octanol–water partition coefficient (Wildman–Crippen LogP) is 12.6. The zero-order valence-electron chi connectivity index (χ0n) is 22.0. The van der Waals surface area contributed by atoms with E-state index in [-0.39, 0.29) is 0 Å². The number of hydrogen-bond acceptors (Lipinski definition) is 2. The van der Waals surface area contributed by atoms with Crippen molar-refractivity contribution in [1.82, 2.24) is 0 Å². The van der Waals surface area contributed by atoms with E-state index in [0.29, 0.717) is 13.2 Å². The standard InChI is InChI=1S/C32H34Br4O2/c1-3-5-7-9-15-37-29-19-27(35)25-17-21(33)11-13-23(25)31(29)32-24-14-12-22(34)18-26(24)28(36)20-30(32)38-16-10-8-6-4-2/h11-14,17-20H,3-10,15-16H2,1-2H3. The summed E-state index contributed by atoms with van der Waals surface area (Å²) >= 11 is 15.0. The molecule has 4 rings (SSSR count). The van der Waals surface area contributed by atoms with Gasteiger partial charge in [0.2, 0.25) is 0 Å². The van der Waals surface area contributed by atoms with Gasteiger partial charge in [-0.1, -0.05) is 128 Å². The van der Waals surface area contributed by atoms with Gasteiger partial charge in [-0.2, -0.15) is 0 Å². The summed E-state index contributed by atoms with van der Waals surface area (Å²) in [6.45, 7) is 5.85. The van der Waals surface area contributed by atoms with Crippen molar-refractivity contribution in [2.24, 2.45) is 0 Å². The Kier molecular flexibility index (Phi) is 11.4. The van der Waals surface area contributed by atoms with Gasteiger partial charge in [0, 0.05) is 29.0 Å². The van der Waals surface area contributed by atoms with Crippen LogP contribution >= 0.6 is 63.7 Å². The lowest BCUT2D eigenvalue weighted by Gasteiger charge is -2.21. The van der Waals surface area contributed by atoms with Gasteiger partial charge in [0.15, 0.2) is 0 Å². The van der Waals surface area contributed by atoms with Gasteiger partial charge in [-0.15, -0.1) is 0 Å². The number of rotatable bonds is 13. The van der Waals surface area contributed by atoms with E-state index in [0.717, 1.165) is 74.9 Å². The quantitative estimate of drug-likeness (QED) is 0.126. The van der Waals surface area contributed by atoms with Crippen LogP contribution < -0.4 is 9.47 Å². The molecule has 2 nitrogen and oxygen atoms in total. The SMILES string of the molecule is CCCCCCOc1cc(Br)c2cc(Br)ccc2c1-c1c(OCCCCCC)cc(Br)c2cc(Br)ccc12. The number of halogens is 4. The molecular weight excluding hydrogens is 736 g/mol. The molecule has 0 heterocycles. The fourth-order valence-electron chi connectivity index (χ4n) is 4.82. The van der Waals surface area contributed by atoms with Gasteiger partial charge in [-0.05, 0) is 70.8 Å². The van der Waals surface area contributed by atoms with Crippen LogP contribution in [0.1, 0.15) is 65.2 Å². The average molecular weight is 770 g/mol. The summed E-state index contributed by atoms with van der Waals surface area (Å²) in [7, 11) is 0. The van der Waals surface area contributed by atoms with Crippen molar-refractivity contribution in [2.45, 2.75) is 65.2 Å². The van der Waals surface area contributed by atoms with Gasteiger partial charge in [-0.3, -0.25) is 0 Å². The molecule has 202 valence electrons. The zero-order valence-corrected chi connectivity index (χ0v) is 28.4. The van der Waals surface area contributed by atoms with Crippen molar-refractivity contribution in [3.63, 3.8) is 0 Å². The van der Waals surface area contributed by atoms with E-state index in [4.69, 9.17) is 9.47 Å². The Morgan fingerprint density at radius 1 is 0.500 bits per heavy atom. The molecule has 0 fully saturated rings. The molecule has 0 aliphatic heterocycles. The summed E-state index contributed by atoms with van der Waals surface area (Å²) < 4.78 is 17.2. The highest BCUT2D eigenvalue weighted by atomic mass is 79.9. The lowest BCUT2D eigenvalue weighted by molar-refractivity contribution is 0.302. The van der Waals surface area contributed by atoms with E-state index in [1.165, 1.54) is 38.5 Å². The first kappa shape index (κ1) is 29.9. The molecule has 6 heteroatoms. The Labute approximate surface area is 260 Å². The van der Waals surface area contributed by atoms with Gasteiger partial charge < -0.3 is 9.47 Å². The molecule has 38 heavy (non-hydrogen) atoms. The lowest BCUT2D eigenvalue weighted by Crippen LogP contribution is -2.03. The summed E-state index contributed by atoms with van der Waals surface area (Å²) in [5, 5.41) is 4.53. The summed E-state index contributed by atoms with van der Waals surface area (Å²) in [6.07, 6.45) is 9.31. The molecule has 0 unspecified atom stereocenters. The van der Waals surface area contributed by atoms with E-state index >= 15 is 0 Å². The van der Waals surface area contributed by atoms with Crippen molar-refractivity contribution in [2.75, 3.05) is 13.2 Å². The van der Waals surface area contributed by atoms with E-state index in [2.05, 4.69) is 126 Å². The fraction of sp³-hybridized carbons (Fsp3) is 0.375. The predicted molar refractivity (Wildman–Crippen MR) is 177 cm³/mol. The Hall–Kier alpha value is -1.08. The fourth-order valence-corrected chi connectivity index (χ4v) is 6.62. The molecule has 0 aromatic heterocycles. The number of ether oxygens (including phenoxy) is 2. The molecule has 0 bridgehead atoms. The second-order valence-electron chi connectivity index (χ2n) is 9.66. The molecule has 4 aromatic rings. The van der Waals surface area contributed by atoms with Crippen molar-refractivity contribution in [3.8, 4) is 22.6 Å². The first-order valence-corrected chi connectivity index (χ1v) is 16.7. The van der Waals surface area contributed by atoms with Crippen LogP contribution in [0.2, 0.25) is 0 Å². The van der Waals surface area contributed by atoms with Gasteiger partial charge in [0.1, 0.15) is 11.5 Å². The third kappa shape index (κ3) is 7.16. The van der Waals surface area contributed by atoms with Crippen molar-refractivity contribution in [3.05, 3.63) is 66.4 Å². The molecule has 0 aliphatic carbocycles. The van der Waals surface area contributed by atoms with Crippen LogP contribution in [-0.4, -0.2) is 13.2 Å². The Morgan fingerprint density at radius 3 is 1.32 bits per heavy atom. The second kappa shape index (κ2) is 14.5. The minimum Gasteiger partial charge on any atom is -0.493 e. The third-order valence-electron chi connectivity index (χ3n) is 6.79. The smallest absolute Gasteiger partial charge is 0.129 e. The first-order chi connectivity index (χ1) is 18.4. The molecule has 0 radical (unpaired) electrons. The van der Waals surface area contributed by atoms with Crippen LogP contribution in [0.3, 0.4) is 0 Å². The Morgan fingerprint density at radius 2 is 0.921 bits per heavy atom. The van der Waals surface area contributed by atoms with Crippen molar-refractivity contribution in [1.29, 1.82) is 0 Å². The van der Waals surface area contributed by atoms with Crippen LogP contribution in [0.5, 0.6) is 11.5 Å². The molecule has 0 saturated carbocycles. The molecule has 0 amide bonds. The Balaban J connectivity index is 1.93. The summed E-state index contributed by atoms with van der Waals surface area (Å²) in [5.74, 6) is 1.76. The van der Waals surface area contributed by atoms with E-state index in [1.54, 1.807) is 0 Å². The highest BCUT2D eigenvalue weighted by Gasteiger charge is 2.22. The minimum absolute atomic E-state index is 0.689. The van der Waals surface area contributed by atoms with Crippen molar-refractivity contribution < 1.29 is 9.47 Å². The van der Waals surface area contributed by atoms with Gasteiger partial charge >= 0.3 is 0 Å². The molecule has 4 aromatic carbocycles. The van der Waals surface area contributed by atoms with Gasteiger partial charge in [-0.25, -0.2) is 0 Å². The zero-order chi connectivity index (χ0) is 27.1. The van der Waals surface area contributed by atoms with Crippen LogP contribution in [0.15, 0.2) is 66.4 Å². The maximum absolute atomic E-state index is 6.55. The number of fused-ring (bicyclic) bond motifs is 2. The van der Waals surface area contributed by atoms with E-state index in [9.17, 15) is 0 Å². The molecule has 0 saturated heterocycles. The summed E-state index contributed by atoms with van der Waals surface area (Å²) in [6, 6.07) is 17.2. The highest BCUT2D eigenvalue weighted by Crippen LogP contribution is 2.49. The van der Waals surface area contributed by atoms with Crippen LogP contribution in [0.4, 0.5) is 0 Å². The number of benzene rings is 4. The molecule has 0 spiro atoms. The van der Waals surface area contributed by atoms with E-state index in [1.807, 2.05) is 0 Å². The topological polar surface area (TPSA) is 18.5 Å². The minimum atomic E-state index is 0.689. The van der Waals surface area contributed by atoms with Gasteiger partial charge in [0.05, 0.1) is 13.2 Å². The monoisotopic (exact) mass is 766 g/mol. The van der Waals surface area contributed by atoms with E-state index < -0.39 is 0 Å². The number of unbranched alkanes of at least 4 members (excludes halogenated alkanes) is 6. The summed E-state index contributed by atoms with van der Waals surface area (Å²) in [5.41, 5.74) is 2.16. The Bertz CT molecular complexity index is 1290. The largest absolute Gasteiger partial charge is 0.493 e. The second-order valence-corrected chi connectivity index (χ2v) is 13.2. The number of hydrogen-bond donors (Lipinski definition) is 0. The van der Waals surface area contributed by atoms with Crippen LogP contribution in [-0.2, 0) is 0 Å². The molecular formula is C32H34Br4O2. The third-order valence-corrected chi connectivity index (χ3v) is 9.08. The normalized spacial score (nSPS) is 11.4. The van der Waals surface area contributed by atoms with Crippen molar-refractivity contribution >= 4 is 85.3 Å². The average Bonchev–Trinajstić information content (AvgIpc) is 2.90. The summed E-state index contributed by atoms with van der Waals surface area (Å²) in [4.78, 5) is 0. The van der Waals surface area contributed by atoms with Gasteiger partial charge in [0.25, 0.3) is 0 Å². The van der Waals surface area contributed by atoms with Crippen LogP contribution in [0.25, 0.3) is 32.7 Å². The molecule has 0 aliphatic rings. The maximum atomic E-state index is 6.55. The molecule has 0 atom stereocenters. The first-order valence-electron chi connectivity index (χ1n) is 13.5. The molecule has 0 N–H and O–H groups in total. The maximum Gasteiger partial charge on any atom is 0.129 e. The van der Waals surface area contributed by atoms with Crippen LogP contribution in [0, 0.1) is 0 Å². The lowest BCUT2D eigenvalue weighted by atomic mass is 9.92. The highest BCUT2D eigenvalue weighted by molar-refractivity contribution is 9.11.